The van der Waals surface area contributed by atoms with Crippen LogP contribution in [0.1, 0.15) is 14.6 Å². The normalized spacial score (nSPS) is 10.7. The Labute approximate surface area is 97.3 Å². The first-order valence-corrected chi connectivity index (χ1v) is 6.46. The van der Waals surface area contributed by atoms with E-state index in [-0.39, 0.29) is 0 Å². The minimum absolute atomic E-state index is 0.621. The second-order valence-corrected chi connectivity index (χ2v) is 5.43. The van der Waals surface area contributed by atoms with Gasteiger partial charge in [-0.2, -0.15) is 0 Å². The van der Waals surface area contributed by atoms with Gasteiger partial charge in [0.2, 0.25) is 0 Å². The van der Waals surface area contributed by atoms with Gasteiger partial charge in [-0.05, 0) is 23.6 Å². The Kier molecular flexibility index (Phi) is 3.91. The van der Waals surface area contributed by atoms with Gasteiger partial charge >= 0.3 is 0 Å². The summed E-state index contributed by atoms with van der Waals surface area (Å²) in [7, 11) is 0. The highest BCUT2D eigenvalue weighted by Gasteiger charge is 1.99. The maximum atomic E-state index is 5.60. The highest BCUT2D eigenvalue weighted by atomic mass is 32.1. The maximum Gasteiger partial charge on any atom is 0.0814 e. The van der Waals surface area contributed by atoms with Gasteiger partial charge in [0.15, 0.2) is 0 Å². The molecule has 15 heavy (non-hydrogen) atoms. The molecule has 0 saturated carbocycles. The average Bonchev–Trinajstić information content (AvgIpc) is 2.88. The highest BCUT2D eigenvalue weighted by Crippen LogP contribution is 2.18. The lowest BCUT2D eigenvalue weighted by Gasteiger charge is -1.99. The molecule has 0 bridgehead atoms. The summed E-state index contributed by atoms with van der Waals surface area (Å²) in [6.07, 6.45) is 0. The minimum Gasteiger partial charge on any atom is -0.370 e. The predicted molar refractivity (Wildman–Crippen MR) is 65.0 cm³/mol. The van der Waals surface area contributed by atoms with Crippen LogP contribution >= 0.6 is 22.7 Å². The van der Waals surface area contributed by atoms with E-state index in [0.29, 0.717) is 19.8 Å². The molecule has 2 N–H and O–H groups in total. The van der Waals surface area contributed by atoms with Gasteiger partial charge in [0.1, 0.15) is 0 Å². The van der Waals surface area contributed by atoms with Crippen molar-refractivity contribution in [2.24, 2.45) is 5.73 Å². The van der Waals surface area contributed by atoms with Gasteiger partial charge in [-0.15, -0.1) is 22.7 Å². The summed E-state index contributed by atoms with van der Waals surface area (Å²) >= 11 is 3.45. The van der Waals surface area contributed by atoms with Gasteiger partial charge in [-0.25, -0.2) is 0 Å². The fraction of sp³-hybridized carbons (Fsp3) is 0.273. The summed E-state index contributed by atoms with van der Waals surface area (Å²) in [5, 5.41) is 2.07. The molecule has 2 aromatic heterocycles. The van der Waals surface area contributed by atoms with E-state index in [2.05, 4.69) is 23.6 Å². The van der Waals surface area contributed by atoms with Crippen LogP contribution in [0.5, 0.6) is 0 Å². The molecule has 0 amide bonds. The van der Waals surface area contributed by atoms with Gasteiger partial charge in [-0.3, -0.25) is 0 Å². The number of hydrogen-bond donors (Lipinski definition) is 1. The summed E-state index contributed by atoms with van der Waals surface area (Å²) in [4.78, 5) is 3.72. The molecule has 80 valence electrons. The molecule has 0 aliphatic rings. The van der Waals surface area contributed by atoms with E-state index in [1.165, 1.54) is 14.6 Å². The van der Waals surface area contributed by atoms with Crippen molar-refractivity contribution in [3.8, 4) is 0 Å². The van der Waals surface area contributed by atoms with E-state index in [1.807, 2.05) is 6.07 Å². The van der Waals surface area contributed by atoms with Gasteiger partial charge < -0.3 is 10.5 Å². The number of hydrogen-bond acceptors (Lipinski definition) is 4. The SMILES string of the molecule is NCc1ccc(COCc2cccs2)s1. The maximum absolute atomic E-state index is 5.60. The van der Waals surface area contributed by atoms with Crippen LogP contribution in [0, 0.1) is 0 Å². The van der Waals surface area contributed by atoms with Crippen molar-refractivity contribution in [2.75, 3.05) is 0 Å². The Balaban J connectivity index is 1.78. The van der Waals surface area contributed by atoms with Crippen LogP contribution in [0.2, 0.25) is 0 Å². The Bertz CT molecular complexity index is 394. The van der Waals surface area contributed by atoms with E-state index in [9.17, 15) is 0 Å². The fourth-order valence-electron chi connectivity index (χ4n) is 1.26. The zero-order valence-corrected chi connectivity index (χ0v) is 9.94. The Morgan fingerprint density at radius 3 is 2.53 bits per heavy atom. The summed E-state index contributed by atoms with van der Waals surface area (Å²) in [5.74, 6) is 0. The lowest BCUT2D eigenvalue weighted by atomic mass is 10.4. The van der Waals surface area contributed by atoms with Gasteiger partial charge in [0.05, 0.1) is 13.2 Å². The third kappa shape index (κ3) is 3.14. The first kappa shape index (κ1) is 10.8. The predicted octanol–water partition coefficient (Wildman–Crippen LogP) is 2.99. The van der Waals surface area contributed by atoms with E-state index in [1.54, 1.807) is 22.7 Å². The first-order valence-electron chi connectivity index (χ1n) is 4.76. The largest absolute Gasteiger partial charge is 0.370 e. The molecule has 0 spiro atoms. The molecular weight excluding hydrogens is 226 g/mol. The molecule has 0 saturated heterocycles. The van der Waals surface area contributed by atoms with Gasteiger partial charge in [0, 0.05) is 21.2 Å². The second kappa shape index (κ2) is 5.42. The zero-order valence-electron chi connectivity index (χ0n) is 8.31. The van der Waals surface area contributed by atoms with E-state index in [4.69, 9.17) is 10.5 Å². The van der Waals surface area contributed by atoms with Crippen LogP contribution in [0.3, 0.4) is 0 Å². The molecule has 0 unspecified atom stereocenters. The smallest absolute Gasteiger partial charge is 0.0814 e. The molecule has 0 aromatic carbocycles. The first-order chi connectivity index (χ1) is 7.38. The Morgan fingerprint density at radius 2 is 1.87 bits per heavy atom. The van der Waals surface area contributed by atoms with E-state index < -0.39 is 0 Å². The number of nitrogens with two attached hydrogens (primary N) is 1. The number of ether oxygens (including phenoxy) is 1. The summed E-state index contributed by atoms with van der Waals surface area (Å²) in [6.45, 7) is 2.01. The quantitative estimate of drug-likeness (QED) is 0.870. The van der Waals surface area contributed by atoms with Crippen LogP contribution in [0.4, 0.5) is 0 Å². The average molecular weight is 239 g/mol. The summed E-state index contributed by atoms with van der Waals surface area (Å²) in [6, 6.07) is 8.28. The van der Waals surface area contributed by atoms with Crippen molar-refractivity contribution in [1.29, 1.82) is 0 Å². The van der Waals surface area contributed by atoms with Crippen LogP contribution in [0.15, 0.2) is 29.6 Å². The Morgan fingerprint density at radius 1 is 1.07 bits per heavy atom. The summed E-state index contributed by atoms with van der Waals surface area (Å²) < 4.78 is 5.60. The van der Waals surface area contributed by atoms with Gasteiger partial charge in [-0.1, -0.05) is 6.07 Å². The lowest BCUT2D eigenvalue weighted by molar-refractivity contribution is 0.111. The third-order valence-corrected chi connectivity index (χ3v) is 3.92. The number of rotatable bonds is 5. The molecule has 2 nitrogen and oxygen atoms in total. The molecule has 0 fully saturated rings. The molecule has 2 rings (SSSR count). The van der Waals surface area contributed by atoms with Crippen LogP contribution in [-0.2, 0) is 24.5 Å². The number of thiophene rings is 2. The molecule has 0 atom stereocenters. The second-order valence-electron chi connectivity index (χ2n) is 3.14. The zero-order chi connectivity index (χ0) is 10.5. The van der Waals surface area contributed by atoms with Gasteiger partial charge in [0.25, 0.3) is 0 Å². The summed E-state index contributed by atoms with van der Waals surface area (Å²) in [5.41, 5.74) is 5.54. The van der Waals surface area contributed by atoms with E-state index >= 15 is 0 Å². The van der Waals surface area contributed by atoms with Crippen molar-refractivity contribution >= 4 is 22.7 Å². The van der Waals surface area contributed by atoms with Crippen LogP contribution in [0.25, 0.3) is 0 Å². The lowest BCUT2D eigenvalue weighted by Crippen LogP contribution is -1.91. The molecule has 2 heterocycles. The molecule has 0 aliphatic heterocycles. The third-order valence-electron chi connectivity index (χ3n) is 1.99. The fourth-order valence-corrected chi connectivity index (χ4v) is 2.73. The van der Waals surface area contributed by atoms with E-state index in [0.717, 1.165) is 0 Å². The molecule has 0 radical (unpaired) electrons. The van der Waals surface area contributed by atoms with Crippen molar-refractivity contribution in [3.05, 3.63) is 44.3 Å². The van der Waals surface area contributed by atoms with Crippen molar-refractivity contribution in [1.82, 2.24) is 0 Å². The molecule has 2 aromatic rings. The van der Waals surface area contributed by atoms with Crippen LogP contribution < -0.4 is 5.73 Å². The molecule has 4 heteroatoms. The van der Waals surface area contributed by atoms with Crippen LogP contribution in [-0.4, -0.2) is 0 Å². The van der Waals surface area contributed by atoms with Crippen molar-refractivity contribution < 1.29 is 4.74 Å². The Hall–Kier alpha value is -0.680. The topological polar surface area (TPSA) is 35.2 Å². The highest BCUT2D eigenvalue weighted by molar-refractivity contribution is 7.12. The standard InChI is InChI=1S/C11H13NOS2/c12-6-9-3-4-11(15-9)8-13-7-10-2-1-5-14-10/h1-5H,6-8,12H2. The van der Waals surface area contributed by atoms with Crippen molar-refractivity contribution in [2.45, 2.75) is 19.8 Å². The molecule has 0 aliphatic carbocycles. The molecular formula is C11H13NOS2. The minimum atomic E-state index is 0.621. The van der Waals surface area contributed by atoms with Crippen molar-refractivity contribution in [3.63, 3.8) is 0 Å². The monoisotopic (exact) mass is 239 g/mol.